The minimum Gasteiger partial charge on any atom is -0.350 e. The van der Waals surface area contributed by atoms with Gasteiger partial charge < -0.3 is 5.73 Å². The number of carbonyl (C=O) groups excluding carboxylic acids is 1. The molecular weight excluding hydrogens is 228 g/mol. The maximum atomic E-state index is 11.0. The molecule has 0 aliphatic heterocycles. The number of rotatable bonds is 3. The molecule has 1 fully saturated rings. The molecule has 98 valence electrons. The third-order valence-electron chi connectivity index (χ3n) is 4.20. The Hall–Kier alpha value is -1.55. The molecule has 0 spiro atoms. The Bertz CT molecular complexity index is 444. The second kappa shape index (κ2) is 4.28. The number of benzene rings is 1. The van der Waals surface area contributed by atoms with Crippen LogP contribution in [0.25, 0.3) is 0 Å². The van der Waals surface area contributed by atoms with E-state index in [-0.39, 0.29) is 17.4 Å². The van der Waals surface area contributed by atoms with E-state index in [1.54, 1.807) is 0 Å². The number of carbonyl (C=O) groups is 1. The van der Waals surface area contributed by atoms with Crippen molar-refractivity contribution < 1.29 is 10.0 Å². The number of nitrogens with two attached hydrogens (primary N) is 1. The van der Waals surface area contributed by atoms with Crippen molar-refractivity contribution in [3.05, 3.63) is 35.9 Å². The summed E-state index contributed by atoms with van der Waals surface area (Å²) < 4.78 is 0. The highest BCUT2D eigenvalue weighted by molar-refractivity contribution is 5.71. The van der Waals surface area contributed by atoms with E-state index < -0.39 is 6.03 Å². The standard InChI is InChI=1S/C14H20N2O2/c1-9(16(18)13(15)17)11-12(14(11,2)3)10-7-5-4-6-8-10/h4-9,11-12,18H,1-3H3,(H2,15,17)/t9?,11-,12-/m0/s1. The van der Waals surface area contributed by atoms with Gasteiger partial charge in [0.25, 0.3) is 0 Å². The van der Waals surface area contributed by atoms with E-state index >= 15 is 0 Å². The molecule has 1 aromatic carbocycles. The van der Waals surface area contributed by atoms with Gasteiger partial charge in [-0.25, -0.2) is 9.86 Å². The van der Waals surface area contributed by atoms with Gasteiger partial charge in [0.05, 0.1) is 6.04 Å². The highest BCUT2D eigenvalue weighted by Crippen LogP contribution is 2.66. The third-order valence-corrected chi connectivity index (χ3v) is 4.20. The van der Waals surface area contributed by atoms with Crippen molar-refractivity contribution in [1.29, 1.82) is 0 Å². The predicted molar refractivity (Wildman–Crippen MR) is 69.1 cm³/mol. The zero-order valence-electron chi connectivity index (χ0n) is 11.0. The van der Waals surface area contributed by atoms with Gasteiger partial charge in [-0.15, -0.1) is 0 Å². The molecule has 4 heteroatoms. The fourth-order valence-corrected chi connectivity index (χ4v) is 3.23. The van der Waals surface area contributed by atoms with Crippen LogP contribution < -0.4 is 5.73 Å². The molecule has 4 nitrogen and oxygen atoms in total. The number of amides is 2. The second-order valence-corrected chi connectivity index (χ2v) is 5.66. The van der Waals surface area contributed by atoms with Gasteiger partial charge in [-0.1, -0.05) is 44.2 Å². The van der Waals surface area contributed by atoms with E-state index in [9.17, 15) is 10.0 Å². The van der Waals surface area contributed by atoms with Crippen molar-refractivity contribution in [1.82, 2.24) is 5.06 Å². The van der Waals surface area contributed by atoms with Gasteiger partial charge in [-0.05, 0) is 29.7 Å². The molecule has 18 heavy (non-hydrogen) atoms. The molecule has 1 aromatic rings. The summed E-state index contributed by atoms with van der Waals surface area (Å²) in [5, 5.41) is 10.3. The second-order valence-electron chi connectivity index (χ2n) is 5.66. The minimum absolute atomic E-state index is 0.0667. The molecule has 1 saturated carbocycles. The van der Waals surface area contributed by atoms with Crippen molar-refractivity contribution in [2.45, 2.75) is 32.7 Å². The molecular formula is C14H20N2O2. The molecule has 1 aliphatic carbocycles. The van der Waals surface area contributed by atoms with Gasteiger partial charge in [0.2, 0.25) is 0 Å². The zero-order valence-corrected chi connectivity index (χ0v) is 11.0. The van der Waals surface area contributed by atoms with E-state index in [0.29, 0.717) is 11.0 Å². The first kappa shape index (κ1) is 12.9. The summed E-state index contributed by atoms with van der Waals surface area (Å²) in [6.07, 6.45) is 0. The molecule has 1 unspecified atom stereocenters. The minimum atomic E-state index is -0.794. The van der Waals surface area contributed by atoms with Crippen LogP contribution in [0, 0.1) is 11.3 Å². The molecule has 3 N–H and O–H groups in total. The number of hydroxylamine groups is 2. The lowest BCUT2D eigenvalue weighted by molar-refractivity contribution is -0.0786. The fourth-order valence-electron chi connectivity index (χ4n) is 3.23. The van der Waals surface area contributed by atoms with Crippen molar-refractivity contribution in [2.75, 3.05) is 0 Å². The molecule has 0 bridgehead atoms. The van der Waals surface area contributed by atoms with Crippen LogP contribution >= 0.6 is 0 Å². The van der Waals surface area contributed by atoms with Crippen molar-refractivity contribution >= 4 is 6.03 Å². The topological polar surface area (TPSA) is 66.6 Å². The molecule has 3 atom stereocenters. The Balaban J connectivity index is 2.19. The lowest BCUT2D eigenvalue weighted by atomic mass is 10.0. The largest absolute Gasteiger partial charge is 0.350 e. The average molecular weight is 248 g/mol. The highest BCUT2D eigenvalue weighted by atomic mass is 16.5. The van der Waals surface area contributed by atoms with Crippen molar-refractivity contribution in [3.63, 3.8) is 0 Å². The van der Waals surface area contributed by atoms with Crippen LogP contribution in [0.1, 0.15) is 32.3 Å². The van der Waals surface area contributed by atoms with Gasteiger partial charge >= 0.3 is 6.03 Å². The van der Waals surface area contributed by atoms with E-state index in [1.165, 1.54) is 5.56 Å². The molecule has 2 rings (SSSR count). The van der Waals surface area contributed by atoms with Gasteiger partial charge in [0.15, 0.2) is 0 Å². The van der Waals surface area contributed by atoms with Crippen LogP contribution in [0.5, 0.6) is 0 Å². The van der Waals surface area contributed by atoms with Crippen LogP contribution in [0.2, 0.25) is 0 Å². The lowest BCUT2D eigenvalue weighted by Gasteiger charge is -2.21. The predicted octanol–water partition coefficient (Wildman–Crippen LogP) is 2.58. The number of hydrogen-bond donors (Lipinski definition) is 2. The molecule has 1 aliphatic rings. The fraction of sp³-hybridized carbons (Fsp3) is 0.500. The van der Waals surface area contributed by atoms with E-state index in [4.69, 9.17) is 5.73 Å². The van der Waals surface area contributed by atoms with Gasteiger partial charge in [0, 0.05) is 0 Å². The summed E-state index contributed by atoms with van der Waals surface area (Å²) in [7, 11) is 0. The first-order chi connectivity index (χ1) is 8.37. The third kappa shape index (κ3) is 1.97. The number of nitrogens with zero attached hydrogens (tertiary/aromatic N) is 1. The Morgan fingerprint density at radius 1 is 1.39 bits per heavy atom. The number of hydrogen-bond acceptors (Lipinski definition) is 2. The summed E-state index contributed by atoms with van der Waals surface area (Å²) >= 11 is 0. The molecule has 0 radical (unpaired) electrons. The van der Waals surface area contributed by atoms with Crippen LogP contribution in [0.4, 0.5) is 4.79 Å². The Kier molecular flexibility index (Phi) is 3.07. The first-order valence-electron chi connectivity index (χ1n) is 6.20. The SMILES string of the molecule is CC([C@H]1[C@H](c2ccccc2)C1(C)C)N(O)C(N)=O. The molecule has 2 amide bonds. The average Bonchev–Trinajstić information content (AvgIpc) is 2.91. The summed E-state index contributed by atoms with van der Waals surface area (Å²) in [6.45, 7) is 6.14. The molecule has 0 saturated heterocycles. The lowest BCUT2D eigenvalue weighted by Crippen LogP contribution is -2.41. The molecule has 0 aromatic heterocycles. The van der Waals surface area contributed by atoms with Crippen molar-refractivity contribution in [3.8, 4) is 0 Å². The van der Waals surface area contributed by atoms with Crippen LogP contribution in [-0.2, 0) is 0 Å². The van der Waals surface area contributed by atoms with Crippen LogP contribution in [0.15, 0.2) is 30.3 Å². The van der Waals surface area contributed by atoms with Crippen LogP contribution in [-0.4, -0.2) is 22.3 Å². The first-order valence-corrected chi connectivity index (χ1v) is 6.20. The summed E-state index contributed by atoms with van der Waals surface area (Å²) in [5.41, 5.74) is 6.43. The number of primary amides is 1. The smallest absolute Gasteiger partial charge is 0.338 e. The maximum absolute atomic E-state index is 11.0. The molecule has 0 heterocycles. The zero-order chi connectivity index (χ0) is 13.5. The van der Waals surface area contributed by atoms with Crippen molar-refractivity contribution in [2.24, 2.45) is 17.1 Å². The monoisotopic (exact) mass is 248 g/mol. The van der Waals surface area contributed by atoms with E-state index in [1.807, 2.05) is 25.1 Å². The normalized spacial score (nSPS) is 26.4. The number of urea groups is 1. The van der Waals surface area contributed by atoms with Gasteiger partial charge in [0.1, 0.15) is 0 Å². The Morgan fingerprint density at radius 2 is 1.94 bits per heavy atom. The van der Waals surface area contributed by atoms with Gasteiger partial charge in [-0.2, -0.15) is 0 Å². The quantitative estimate of drug-likeness (QED) is 0.637. The summed E-state index contributed by atoms with van der Waals surface area (Å²) in [4.78, 5) is 11.0. The van der Waals surface area contributed by atoms with E-state index in [2.05, 4.69) is 26.0 Å². The van der Waals surface area contributed by atoms with Crippen LogP contribution in [0.3, 0.4) is 0 Å². The summed E-state index contributed by atoms with van der Waals surface area (Å²) in [6, 6.07) is 9.11. The Morgan fingerprint density at radius 3 is 2.44 bits per heavy atom. The van der Waals surface area contributed by atoms with E-state index in [0.717, 1.165) is 0 Å². The van der Waals surface area contributed by atoms with Gasteiger partial charge in [-0.3, -0.25) is 5.21 Å². The highest BCUT2D eigenvalue weighted by Gasteiger charge is 2.61. The Labute approximate surface area is 107 Å². The maximum Gasteiger partial charge on any atom is 0.338 e. The summed E-state index contributed by atoms with van der Waals surface area (Å²) in [5.74, 6) is 0.570.